The van der Waals surface area contributed by atoms with E-state index in [1.54, 1.807) is 18.2 Å². The summed E-state index contributed by atoms with van der Waals surface area (Å²) in [6.45, 7) is 1.57. The van der Waals surface area contributed by atoms with Gasteiger partial charge in [0.1, 0.15) is 0 Å². The number of halogens is 3. The average molecular weight is 336 g/mol. The van der Waals surface area contributed by atoms with Crippen LogP contribution in [0.25, 0.3) is 0 Å². The van der Waals surface area contributed by atoms with Crippen LogP contribution in [0.4, 0.5) is 0 Å². The fourth-order valence-electron chi connectivity index (χ4n) is 2.96. The number of hydrogen-bond donors (Lipinski definition) is 1. The standard InChI is InChI=1S/C14H16Cl2N2O.ClH/c15-9-1-4-12(13(16)7-9)14(19)18-6-5-10-2-3-11(8-18)17-10;/h1,4,7,10-11,17H,2-3,5-6,8H2;1H. The molecule has 2 fully saturated rings. The zero-order valence-corrected chi connectivity index (χ0v) is 13.3. The molecule has 20 heavy (non-hydrogen) atoms. The molecule has 6 heteroatoms. The molecular weight excluding hydrogens is 319 g/mol. The molecule has 0 aromatic heterocycles. The molecule has 0 radical (unpaired) electrons. The van der Waals surface area contributed by atoms with Crippen molar-refractivity contribution in [2.75, 3.05) is 13.1 Å². The summed E-state index contributed by atoms with van der Waals surface area (Å²) < 4.78 is 0. The Labute approximate surface area is 135 Å². The fraction of sp³-hybridized carbons (Fsp3) is 0.500. The van der Waals surface area contributed by atoms with E-state index in [4.69, 9.17) is 23.2 Å². The van der Waals surface area contributed by atoms with E-state index >= 15 is 0 Å². The van der Waals surface area contributed by atoms with Crippen LogP contribution in [-0.4, -0.2) is 36.0 Å². The summed E-state index contributed by atoms with van der Waals surface area (Å²) in [5, 5.41) is 4.55. The van der Waals surface area contributed by atoms with Gasteiger partial charge in [0.25, 0.3) is 5.91 Å². The summed E-state index contributed by atoms with van der Waals surface area (Å²) in [4.78, 5) is 14.4. The van der Waals surface area contributed by atoms with Gasteiger partial charge in [-0.3, -0.25) is 4.79 Å². The lowest BCUT2D eigenvalue weighted by molar-refractivity contribution is 0.0748. The summed E-state index contributed by atoms with van der Waals surface area (Å²) in [5.41, 5.74) is 0.545. The van der Waals surface area contributed by atoms with Crippen LogP contribution in [0.1, 0.15) is 29.6 Å². The Hall–Kier alpha value is -0.480. The smallest absolute Gasteiger partial charge is 0.255 e. The second kappa shape index (κ2) is 6.52. The minimum absolute atomic E-state index is 0. The van der Waals surface area contributed by atoms with E-state index in [1.807, 2.05) is 4.90 Å². The SMILES string of the molecule is Cl.O=C(c1ccc(Cl)cc1Cl)N1CCC2CCC(C1)N2. The van der Waals surface area contributed by atoms with Gasteiger partial charge in [0.05, 0.1) is 10.6 Å². The highest BCUT2D eigenvalue weighted by Gasteiger charge is 2.31. The minimum Gasteiger partial charge on any atom is -0.337 e. The van der Waals surface area contributed by atoms with E-state index in [0.29, 0.717) is 27.7 Å². The van der Waals surface area contributed by atoms with Gasteiger partial charge in [-0.1, -0.05) is 23.2 Å². The van der Waals surface area contributed by atoms with E-state index in [-0.39, 0.29) is 18.3 Å². The number of nitrogens with zero attached hydrogens (tertiary/aromatic N) is 1. The molecule has 2 aliphatic rings. The molecule has 1 aromatic carbocycles. The highest BCUT2D eigenvalue weighted by atomic mass is 35.5. The first-order chi connectivity index (χ1) is 9.13. The molecule has 0 aliphatic carbocycles. The number of rotatable bonds is 1. The third kappa shape index (κ3) is 3.22. The molecule has 1 aromatic rings. The van der Waals surface area contributed by atoms with Crippen LogP contribution in [0.15, 0.2) is 18.2 Å². The van der Waals surface area contributed by atoms with Gasteiger partial charge in [0.2, 0.25) is 0 Å². The topological polar surface area (TPSA) is 32.3 Å². The number of benzene rings is 1. The first-order valence-electron chi connectivity index (χ1n) is 6.64. The van der Waals surface area contributed by atoms with Gasteiger partial charge < -0.3 is 10.2 Å². The number of amides is 1. The molecule has 2 bridgehead atoms. The van der Waals surface area contributed by atoms with Crippen molar-refractivity contribution < 1.29 is 4.79 Å². The van der Waals surface area contributed by atoms with E-state index in [0.717, 1.165) is 25.9 Å². The van der Waals surface area contributed by atoms with Crippen molar-refractivity contribution in [2.24, 2.45) is 0 Å². The number of fused-ring (bicyclic) bond motifs is 2. The van der Waals surface area contributed by atoms with Crippen molar-refractivity contribution in [3.8, 4) is 0 Å². The largest absolute Gasteiger partial charge is 0.337 e. The summed E-state index contributed by atoms with van der Waals surface area (Å²) >= 11 is 12.0. The van der Waals surface area contributed by atoms with Crippen molar-refractivity contribution in [2.45, 2.75) is 31.3 Å². The zero-order chi connectivity index (χ0) is 13.4. The van der Waals surface area contributed by atoms with E-state index in [9.17, 15) is 4.79 Å². The molecule has 2 aliphatic heterocycles. The maximum atomic E-state index is 12.5. The van der Waals surface area contributed by atoms with Gasteiger partial charge >= 0.3 is 0 Å². The van der Waals surface area contributed by atoms with Gasteiger partial charge in [0.15, 0.2) is 0 Å². The van der Waals surface area contributed by atoms with Gasteiger partial charge in [-0.05, 0) is 37.5 Å². The van der Waals surface area contributed by atoms with Crippen molar-refractivity contribution in [1.29, 1.82) is 0 Å². The van der Waals surface area contributed by atoms with E-state index < -0.39 is 0 Å². The number of carbonyl (C=O) groups is 1. The highest BCUT2D eigenvalue weighted by Crippen LogP contribution is 2.25. The Balaban J connectivity index is 0.00000147. The van der Waals surface area contributed by atoms with Gasteiger partial charge in [-0.15, -0.1) is 12.4 Å². The molecule has 1 N–H and O–H groups in total. The lowest BCUT2D eigenvalue weighted by Gasteiger charge is -2.24. The van der Waals surface area contributed by atoms with Gasteiger partial charge in [-0.2, -0.15) is 0 Å². The summed E-state index contributed by atoms with van der Waals surface area (Å²) in [7, 11) is 0. The molecule has 2 heterocycles. The van der Waals surface area contributed by atoms with Crippen LogP contribution in [0.5, 0.6) is 0 Å². The molecule has 110 valence electrons. The molecule has 0 spiro atoms. The maximum absolute atomic E-state index is 12.5. The maximum Gasteiger partial charge on any atom is 0.255 e. The number of hydrogen-bond acceptors (Lipinski definition) is 2. The molecule has 2 atom stereocenters. The van der Waals surface area contributed by atoms with Gasteiger partial charge in [0, 0.05) is 30.2 Å². The zero-order valence-electron chi connectivity index (χ0n) is 10.9. The van der Waals surface area contributed by atoms with Crippen LogP contribution in [-0.2, 0) is 0 Å². The van der Waals surface area contributed by atoms with E-state index in [2.05, 4.69) is 5.32 Å². The Bertz CT molecular complexity index is 509. The number of likely N-dealkylation sites (tertiary alicyclic amines) is 1. The summed E-state index contributed by atoms with van der Waals surface area (Å²) in [6.07, 6.45) is 3.41. The third-order valence-electron chi connectivity index (χ3n) is 3.97. The van der Waals surface area contributed by atoms with Crippen molar-refractivity contribution >= 4 is 41.5 Å². The summed E-state index contributed by atoms with van der Waals surface area (Å²) in [6, 6.07) is 6.05. The molecular formula is C14H17Cl3N2O. The first-order valence-corrected chi connectivity index (χ1v) is 7.39. The fourth-order valence-corrected chi connectivity index (χ4v) is 3.45. The van der Waals surface area contributed by atoms with Crippen LogP contribution in [0.3, 0.4) is 0 Å². The third-order valence-corrected chi connectivity index (χ3v) is 4.52. The van der Waals surface area contributed by atoms with Crippen molar-refractivity contribution in [3.63, 3.8) is 0 Å². The minimum atomic E-state index is 0. The Morgan fingerprint density at radius 3 is 2.70 bits per heavy atom. The van der Waals surface area contributed by atoms with Crippen LogP contribution in [0.2, 0.25) is 10.0 Å². The predicted molar refractivity (Wildman–Crippen MR) is 84.2 cm³/mol. The van der Waals surface area contributed by atoms with Crippen molar-refractivity contribution in [3.05, 3.63) is 33.8 Å². The lowest BCUT2D eigenvalue weighted by atomic mass is 10.1. The molecule has 2 unspecified atom stereocenters. The normalized spacial score (nSPS) is 25.0. The van der Waals surface area contributed by atoms with E-state index in [1.165, 1.54) is 6.42 Å². The highest BCUT2D eigenvalue weighted by molar-refractivity contribution is 6.36. The number of nitrogens with one attached hydrogen (secondary N) is 1. The lowest BCUT2D eigenvalue weighted by Crippen LogP contribution is -2.39. The molecule has 2 saturated heterocycles. The Morgan fingerprint density at radius 2 is 1.95 bits per heavy atom. The second-order valence-electron chi connectivity index (χ2n) is 5.30. The Morgan fingerprint density at radius 1 is 1.20 bits per heavy atom. The molecule has 0 saturated carbocycles. The second-order valence-corrected chi connectivity index (χ2v) is 6.15. The van der Waals surface area contributed by atoms with Crippen molar-refractivity contribution in [1.82, 2.24) is 10.2 Å². The predicted octanol–water partition coefficient (Wildman–Crippen LogP) is 3.38. The van der Waals surface area contributed by atoms with Crippen LogP contribution in [0, 0.1) is 0 Å². The monoisotopic (exact) mass is 334 g/mol. The first kappa shape index (κ1) is 15.9. The molecule has 3 rings (SSSR count). The molecule has 3 nitrogen and oxygen atoms in total. The number of carbonyl (C=O) groups excluding carboxylic acids is 1. The Kier molecular flexibility index (Phi) is 5.19. The van der Waals surface area contributed by atoms with Crippen LogP contribution < -0.4 is 5.32 Å². The summed E-state index contributed by atoms with van der Waals surface area (Å²) in [5.74, 6) is 0.0102. The average Bonchev–Trinajstić information content (AvgIpc) is 2.68. The quantitative estimate of drug-likeness (QED) is 0.853. The van der Waals surface area contributed by atoms with Crippen LogP contribution >= 0.6 is 35.6 Å². The molecule has 1 amide bonds. The van der Waals surface area contributed by atoms with Gasteiger partial charge in [-0.25, -0.2) is 0 Å².